The summed E-state index contributed by atoms with van der Waals surface area (Å²) in [6, 6.07) is 14.6. The van der Waals surface area contributed by atoms with Crippen LogP contribution in [0.25, 0.3) is 21.8 Å². The largest absolute Gasteiger partial charge is 0.340 e. The third-order valence-electron chi connectivity index (χ3n) is 5.22. The number of fused-ring (bicyclic) bond motifs is 2. The molecule has 4 aromatic rings. The molecule has 2 heterocycles. The van der Waals surface area contributed by atoms with Gasteiger partial charge < -0.3 is 9.88 Å². The first-order chi connectivity index (χ1) is 13.9. The minimum atomic E-state index is -0.331. The third kappa shape index (κ3) is 3.18. The molecule has 0 saturated heterocycles. The summed E-state index contributed by atoms with van der Waals surface area (Å²) in [5, 5.41) is 8.34. The van der Waals surface area contributed by atoms with E-state index in [4.69, 9.17) is 4.98 Å². The van der Waals surface area contributed by atoms with Crippen LogP contribution >= 0.6 is 0 Å². The van der Waals surface area contributed by atoms with Crippen molar-refractivity contribution in [2.24, 2.45) is 20.0 Å². The normalized spacial score (nSPS) is 12.6. The summed E-state index contributed by atoms with van der Waals surface area (Å²) in [5.74, 6) is 0.555. The number of amides is 1. The van der Waals surface area contributed by atoms with Crippen molar-refractivity contribution in [3.8, 4) is 0 Å². The molecule has 1 atom stereocenters. The van der Waals surface area contributed by atoms with Crippen molar-refractivity contribution in [2.75, 3.05) is 0 Å². The molecule has 0 bridgehead atoms. The van der Waals surface area contributed by atoms with Crippen LogP contribution in [-0.4, -0.2) is 25.2 Å². The number of nitrogens with one attached hydrogen (secondary N) is 1. The van der Waals surface area contributed by atoms with E-state index in [0.29, 0.717) is 10.8 Å². The van der Waals surface area contributed by atoms with Gasteiger partial charge in [0.1, 0.15) is 5.82 Å². The molecule has 0 aliphatic rings. The summed E-state index contributed by atoms with van der Waals surface area (Å²) < 4.78 is 3.21. The van der Waals surface area contributed by atoms with Gasteiger partial charge in [-0.1, -0.05) is 44.2 Å². The van der Waals surface area contributed by atoms with Crippen molar-refractivity contribution in [2.45, 2.75) is 19.9 Å². The Hall–Kier alpha value is -3.48. The Morgan fingerprint density at radius 1 is 1.00 bits per heavy atom. The number of hydrogen-bond acceptors (Lipinski definition) is 4. The highest BCUT2D eigenvalue weighted by Gasteiger charge is 2.26. The van der Waals surface area contributed by atoms with Crippen LogP contribution < -0.4 is 10.9 Å². The average Bonchev–Trinajstić information content (AvgIpc) is 3.05. The summed E-state index contributed by atoms with van der Waals surface area (Å²) >= 11 is 0. The highest BCUT2D eigenvalue weighted by molar-refractivity contribution is 6.04. The van der Waals surface area contributed by atoms with Gasteiger partial charge in [0.25, 0.3) is 11.5 Å². The van der Waals surface area contributed by atoms with Gasteiger partial charge in [-0.3, -0.25) is 9.59 Å². The highest BCUT2D eigenvalue weighted by Crippen LogP contribution is 2.25. The quantitative estimate of drug-likeness (QED) is 0.582. The Morgan fingerprint density at radius 2 is 1.66 bits per heavy atom. The molecule has 7 heteroatoms. The number of benzene rings is 2. The van der Waals surface area contributed by atoms with Crippen molar-refractivity contribution in [1.29, 1.82) is 0 Å². The van der Waals surface area contributed by atoms with E-state index in [-0.39, 0.29) is 29.1 Å². The molecule has 0 unspecified atom stereocenters. The lowest BCUT2D eigenvalue weighted by Gasteiger charge is -2.22. The van der Waals surface area contributed by atoms with Crippen LogP contribution in [0, 0.1) is 5.92 Å². The topological polar surface area (TPSA) is 81.8 Å². The first-order valence-electron chi connectivity index (χ1n) is 9.56. The van der Waals surface area contributed by atoms with Gasteiger partial charge in [-0.05, 0) is 24.1 Å². The molecular weight excluding hydrogens is 366 g/mol. The number of nitrogens with zero attached hydrogens (tertiary/aromatic N) is 4. The van der Waals surface area contributed by atoms with E-state index in [1.165, 1.54) is 4.68 Å². The smallest absolute Gasteiger partial charge is 0.274 e. The number of carbonyl (C=O) groups is 1. The fourth-order valence-electron chi connectivity index (χ4n) is 3.65. The molecule has 0 aliphatic carbocycles. The zero-order valence-electron chi connectivity index (χ0n) is 16.9. The number of rotatable bonds is 4. The Kier molecular flexibility index (Phi) is 4.66. The summed E-state index contributed by atoms with van der Waals surface area (Å²) in [4.78, 5) is 30.3. The molecule has 7 nitrogen and oxygen atoms in total. The Balaban J connectivity index is 1.78. The van der Waals surface area contributed by atoms with Crippen molar-refractivity contribution in [3.05, 3.63) is 70.4 Å². The predicted molar refractivity (Wildman–Crippen MR) is 113 cm³/mol. The first-order valence-corrected chi connectivity index (χ1v) is 9.56. The highest BCUT2D eigenvalue weighted by atomic mass is 16.2. The van der Waals surface area contributed by atoms with Gasteiger partial charge in [-0.2, -0.15) is 5.10 Å². The monoisotopic (exact) mass is 389 g/mol. The number of hydrogen-bond donors (Lipinski definition) is 1. The molecule has 2 aromatic carbocycles. The average molecular weight is 389 g/mol. The van der Waals surface area contributed by atoms with Gasteiger partial charge in [0.05, 0.1) is 22.5 Å². The Labute approximate surface area is 168 Å². The minimum Gasteiger partial charge on any atom is -0.340 e. The van der Waals surface area contributed by atoms with Crippen LogP contribution in [0.4, 0.5) is 0 Å². The maximum atomic E-state index is 13.2. The molecule has 0 spiro atoms. The number of carbonyl (C=O) groups excluding carboxylic acids is 1. The maximum Gasteiger partial charge on any atom is 0.274 e. The molecule has 0 fully saturated rings. The Bertz CT molecular complexity index is 1290. The van der Waals surface area contributed by atoms with E-state index in [1.54, 1.807) is 31.3 Å². The minimum absolute atomic E-state index is 0.105. The second-order valence-electron chi connectivity index (χ2n) is 7.54. The van der Waals surface area contributed by atoms with Crippen LogP contribution in [0.15, 0.2) is 53.3 Å². The number of aryl methyl sites for hydroxylation is 2. The van der Waals surface area contributed by atoms with E-state index < -0.39 is 0 Å². The fraction of sp³-hybridized carbons (Fsp3) is 0.273. The number of imidazole rings is 1. The molecule has 2 aromatic heterocycles. The fourth-order valence-corrected chi connectivity index (χ4v) is 3.65. The van der Waals surface area contributed by atoms with Crippen LogP contribution in [0.2, 0.25) is 0 Å². The van der Waals surface area contributed by atoms with Gasteiger partial charge in [0.15, 0.2) is 5.69 Å². The van der Waals surface area contributed by atoms with Gasteiger partial charge in [0.2, 0.25) is 0 Å². The van der Waals surface area contributed by atoms with Crippen LogP contribution in [0.1, 0.15) is 36.2 Å². The van der Waals surface area contributed by atoms with Crippen molar-refractivity contribution >= 4 is 27.7 Å². The molecule has 1 N–H and O–H groups in total. The zero-order chi connectivity index (χ0) is 20.7. The lowest BCUT2D eigenvalue weighted by atomic mass is 10.0. The maximum absolute atomic E-state index is 13.2. The van der Waals surface area contributed by atoms with E-state index in [2.05, 4.69) is 10.4 Å². The summed E-state index contributed by atoms with van der Waals surface area (Å²) in [5.41, 5.74) is 1.89. The van der Waals surface area contributed by atoms with Crippen LogP contribution in [0.3, 0.4) is 0 Å². The third-order valence-corrected chi connectivity index (χ3v) is 5.22. The molecule has 148 valence electrons. The summed E-state index contributed by atoms with van der Waals surface area (Å²) in [6.07, 6.45) is 0. The summed E-state index contributed by atoms with van der Waals surface area (Å²) in [6.45, 7) is 4.08. The van der Waals surface area contributed by atoms with Crippen molar-refractivity contribution < 1.29 is 4.79 Å². The lowest BCUT2D eigenvalue weighted by molar-refractivity contribution is 0.0917. The first kappa shape index (κ1) is 18.9. The van der Waals surface area contributed by atoms with E-state index in [0.717, 1.165) is 16.9 Å². The van der Waals surface area contributed by atoms with Gasteiger partial charge in [0, 0.05) is 19.5 Å². The molecule has 4 rings (SSSR count). The van der Waals surface area contributed by atoms with E-state index >= 15 is 0 Å². The lowest BCUT2D eigenvalue weighted by Crippen LogP contribution is -2.35. The van der Waals surface area contributed by atoms with Gasteiger partial charge in [-0.15, -0.1) is 0 Å². The molecule has 0 saturated carbocycles. The molecule has 0 radical (unpaired) electrons. The predicted octanol–water partition coefficient (Wildman–Crippen LogP) is 2.95. The van der Waals surface area contributed by atoms with E-state index in [9.17, 15) is 9.59 Å². The number of aromatic nitrogens is 4. The van der Waals surface area contributed by atoms with Gasteiger partial charge >= 0.3 is 0 Å². The van der Waals surface area contributed by atoms with Crippen LogP contribution in [0.5, 0.6) is 0 Å². The molecule has 1 amide bonds. The second-order valence-corrected chi connectivity index (χ2v) is 7.54. The van der Waals surface area contributed by atoms with Crippen LogP contribution in [-0.2, 0) is 14.1 Å². The van der Waals surface area contributed by atoms with Gasteiger partial charge in [-0.25, -0.2) is 9.67 Å². The number of para-hydroxylation sites is 2. The van der Waals surface area contributed by atoms with E-state index in [1.807, 2.05) is 49.7 Å². The summed E-state index contributed by atoms with van der Waals surface area (Å²) in [7, 11) is 3.50. The Morgan fingerprint density at radius 3 is 2.34 bits per heavy atom. The van der Waals surface area contributed by atoms with Crippen molar-refractivity contribution in [3.63, 3.8) is 0 Å². The molecule has 0 aliphatic heterocycles. The zero-order valence-corrected chi connectivity index (χ0v) is 16.9. The molecule has 29 heavy (non-hydrogen) atoms. The van der Waals surface area contributed by atoms with Crippen molar-refractivity contribution in [1.82, 2.24) is 24.6 Å². The standard InChI is InChI=1S/C22H23N5O2/c1-13(2)18(20-23-16-11-7-8-12-17(16)26(20)3)24-21(28)19-14-9-5-6-10-15(14)22(29)27(4)25-19/h5-13,18H,1-4H3,(H,24,28)/t18-/m1/s1. The molecular formula is C22H23N5O2. The second kappa shape index (κ2) is 7.16. The SMILES string of the molecule is CC(C)[C@@H](NC(=O)c1nn(C)c(=O)c2ccccc12)c1nc2ccccc2n1C.